The maximum absolute atomic E-state index is 5.82. The van der Waals surface area contributed by atoms with Crippen LogP contribution in [0, 0.1) is 0 Å². The van der Waals surface area contributed by atoms with Gasteiger partial charge in [0.2, 0.25) is 0 Å². The molecule has 0 radical (unpaired) electrons. The number of anilines is 1. The molecule has 3 nitrogen and oxygen atoms in total. The average molecular weight is 391 g/mol. The van der Waals surface area contributed by atoms with Crippen LogP contribution >= 0.6 is 11.8 Å². The number of hydrogen-bond acceptors (Lipinski definition) is 4. The molecule has 4 heteroatoms. The number of fused-ring (bicyclic) bond motifs is 2. The molecular formula is C24H26N2OS. The van der Waals surface area contributed by atoms with Crippen molar-refractivity contribution in [3.8, 4) is 5.75 Å². The highest BCUT2D eigenvalue weighted by Gasteiger charge is 2.23. The highest BCUT2D eigenvalue weighted by atomic mass is 32.2. The average Bonchev–Trinajstić information content (AvgIpc) is 2.87. The lowest BCUT2D eigenvalue weighted by atomic mass is 9.95. The van der Waals surface area contributed by atoms with E-state index in [0.717, 1.165) is 23.7 Å². The van der Waals surface area contributed by atoms with Crippen LogP contribution in [-0.4, -0.2) is 32.1 Å². The Morgan fingerprint density at radius 2 is 1.64 bits per heavy atom. The van der Waals surface area contributed by atoms with Crippen molar-refractivity contribution < 1.29 is 4.74 Å². The Balaban J connectivity index is 1.57. The lowest BCUT2D eigenvalue weighted by Gasteiger charge is -2.23. The Morgan fingerprint density at radius 1 is 0.929 bits per heavy atom. The third-order valence-corrected chi connectivity index (χ3v) is 6.09. The van der Waals surface area contributed by atoms with Crippen molar-refractivity contribution in [3.63, 3.8) is 0 Å². The first kappa shape index (κ1) is 18.9. The molecule has 1 aliphatic rings. The zero-order valence-electron chi connectivity index (χ0n) is 16.4. The van der Waals surface area contributed by atoms with Crippen molar-refractivity contribution in [2.45, 2.75) is 16.7 Å². The van der Waals surface area contributed by atoms with E-state index in [1.807, 2.05) is 23.9 Å². The van der Waals surface area contributed by atoms with Gasteiger partial charge in [-0.05, 0) is 61.1 Å². The summed E-state index contributed by atoms with van der Waals surface area (Å²) < 4.78 is 5.82. The second-order valence-electron chi connectivity index (χ2n) is 7.28. The number of ether oxygens (including phenoxy) is 1. The van der Waals surface area contributed by atoms with Gasteiger partial charge in [0.1, 0.15) is 12.4 Å². The van der Waals surface area contributed by atoms with Gasteiger partial charge < -0.3 is 15.0 Å². The molecule has 0 saturated carbocycles. The van der Waals surface area contributed by atoms with Crippen molar-refractivity contribution in [1.29, 1.82) is 0 Å². The maximum Gasteiger partial charge on any atom is 0.119 e. The van der Waals surface area contributed by atoms with Crippen molar-refractivity contribution in [2.75, 3.05) is 32.6 Å². The number of nitrogens with one attached hydrogen (secondary N) is 1. The summed E-state index contributed by atoms with van der Waals surface area (Å²) in [5.41, 5.74) is 5.18. The monoisotopic (exact) mass is 390 g/mol. The predicted molar refractivity (Wildman–Crippen MR) is 118 cm³/mol. The maximum atomic E-state index is 5.82. The van der Waals surface area contributed by atoms with Crippen molar-refractivity contribution >= 4 is 17.4 Å². The summed E-state index contributed by atoms with van der Waals surface area (Å²) in [7, 11) is 4.11. The van der Waals surface area contributed by atoms with Crippen LogP contribution in [0.15, 0.2) is 77.7 Å². The first-order valence-electron chi connectivity index (χ1n) is 9.64. The molecule has 0 bridgehead atoms. The normalized spacial score (nSPS) is 15.5. The SMILES string of the molecule is CN(C)CCOc1ccc(NC2c3ccccc3CSc3ccccc32)cc1. The molecule has 1 heterocycles. The number of likely N-dealkylation sites (N-methyl/N-ethyl adjacent to an activating group) is 1. The summed E-state index contributed by atoms with van der Waals surface area (Å²) in [6.45, 7) is 1.60. The fourth-order valence-corrected chi connectivity index (χ4v) is 4.54. The van der Waals surface area contributed by atoms with Crippen LogP contribution in [0.5, 0.6) is 5.75 Å². The first-order chi connectivity index (χ1) is 13.7. The van der Waals surface area contributed by atoms with Crippen LogP contribution in [0.4, 0.5) is 5.69 Å². The summed E-state index contributed by atoms with van der Waals surface area (Å²) in [4.78, 5) is 3.47. The molecule has 0 aromatic heterocycles. The van der Waals surface area contributed by atoms with Gasteiger partial charge >= 0.3 is 0 Å². The quantitative estimate of drug-likeness (QED) is 0.606. The zero-order chi connectivity index (χ0) is 19.3. The van der Waals surface area contributed by atoms with E-state index in [-0.39, 0.29) is 6.04 Å². The lowest BCUT2D eigenvalue weighted by molar-refractivity contribution is 0.261. The highest BCUT2D eigenvalue weighted by Crippen LogP contribution is 2.40. The minimum absolute atomic E-state index is 0.142. The van der Waals surface area contributed by atoms with Crippen molar-refractivity contribution in [3.05, 3.63) is 89.5 Å². The molecule has 1 atom stereocenters. The van der Waals surface area contributed by atoms with E-state index in [0.29, 0.717) is 6.61 Å². The molecule has 1 aliphatic heterocycles. The Hall–Kier alpha value is -2.43. The van der Waals surface area contributed by atoms with Gasteiger partial charge in [0.25, 0.3) is 0 Å². The molecule has 3 aromatic carbocycles. The molecule has 0 spiro atoms. The van der Waals surface area contributed by atoms with Gasteiger partial charge in [0, 0.05) is 22.9 Å². The third-order valence-electron chi connectivity index (χ3n) is 4.95. The standard InChI is InChI=1S/C24H26N2OS/c1-26(2)15-16-27-20-13-11-19(12-14-20)25-24-21-8-4-3-7-18(21)17-28-23-10-6-5-9-22(23)24/h3-14,24-25H,15-17H2,1-2H3. The largest absolute Gasteiger partial charge is 0.492 e. The van der Waals surface area contributed by atoms with Crippen LogP contribution < -0.4 is 10.1 Å². The molecule has 0 amide bonds. The van der Waals surface area contributed by atoms with Crippen LogP contribution in [0.2, 0.25) is 0 Å². The fourth-order valence-electron chi connectivity index (χ4n) is 3.44. The van der Waals surface area contributed by atoms with E-state index in [1.165, 1.54) is 21.6 Å². The van der Waals surface area contributed by atoms with E-state index < -0.39 is 0 Å². The van der Waals surface area contributed by atoms with Gasteiger partial charge in [-0.2, -0.15) is 0 Å². The van der Waals surface area contributed by atoms with Gasteiger partial charge in [0.15, 0.2) is 0 Å². The summed E-state index contributed by atoms with van der Waals surface area (Å²) in [6, 6.07) is 25.9. The topological polar surface area (TPSA) is 24.5 Å². The van der Waals surface area contributed by atoms with E-state index >= 15 is 0 Å². The van der Waals surface area contributed by atoms with Crippen molar-refractivity contribution in [1.82, 2.24) is 4.90 Å². The molecule has 3 aromatic rings. The van der Waals surface area contributed by atoms with E-state index in [2.05, 4.69) is 85.0 Å². The van der Waals surface area contributed by atoms with E-state index in [4.69, 9.17) is 4.74 Å². The second kappa shape index (κ2) is 8.72. The van der Waals surface area contributed by atoms with E-state index in [1.54, 1.807) is 0 Å². The predicted octanol–water partition coefficient (Wildman–Crippen LogP) is 5.43. The summed E-state index contributed by atoms with van der Waals surface area (Å²) in [5, 5.41) is 3.76. The summed E-state index contributed by atoms with van der Waals surface area (Å²) in [6.07, 6.45) is 0. The summed E-state index contributed by atoms with van der Waals surface area (Å²) >= 11 is 1.92. The number of rotatable bonds is 6. The molecule has 144 valence electrons. The Bertz CT molecular complexity index is 876. The van der Waals surface area contributed by atoms with Gasteiger partial charge in [0.05, 0.1) is 6.04 Å². The number of hydrogen-bond donors (Lipinski definition) is 1. The van der Waals surface area contributed by atoms with Crippen LogP contribution in [0.1, 0.15) is 22.7 Å². The summed E-state index contributed by atoms with van der Waals surface area (Å²) in [5.74, 6) is 1.91. The molecule has 0 fully saturated rings. The molecule has 1 unspecified atom stereocenters. The van der Waals surface area contributed by atoms with Crippen LogP contribution in [-0.2, 0) is 5.75 Å². The lowest BCUT2D eigenvalue weighted by Crippen LogP contribution is -2.19. The number of benzene rings is 3. The third kappa shape index (κ3) is 4.34. The Labute approximate surface area is 171 Å². The Morgan fingerprint density at radius 3 is 2.43 bits per heavy atom. The highest BCUT2D eigenvalue weighted by molar-refractivity contribution is 7.98. The van der Waals surface area contributed by atoms with E-state index in [9.17, 15) is 0 Å². The van der Waals surface area contributed by atoms with Gasteiger partial charge in [-0.15, -0.1) is 11.8 Å². The zero-order valence-corrected chi connectivity index (χ0v) is 17.2. The fraction of sp³-hybridized carbons (Fsp3) is 0.250. The van der Waals surface area contributed by atoms with Crippen LogP contribution in [0.3, 0.4) is 0 Å². The first-order valence-corrected chi connectivity index (χ1v) is 10.6. The minimum atomic E-state index is 0.142. The molecule has 0 aliphatic carbocycles. The molecular weight excluding hydrogens is 364 g/mol. The van der Waals surface area contributed by atoms with Crippen LogP contribution in [0.25, 0.3) is 0 Å². The van der Waals surface area contributed by atoms with Crippen molar-refractivity contribution in [2.24, 2.45) is 0 Å². The Kier molecular flexibility index (Phi) is 5.89. The number of thioether (sulfide) groups is 1. The molecule has 0 saturated heterocycles. The van der Waals surface area contributed by atoms with Gasteiger partial charge in [-0.25, -0.2) is 0 Å². The molecule has 28 heavy (non-hydrogen) atoms. The van der Waals surface area contributed by atoms with Gasteiger partial charge in [-0.3, -0.25) is 0 Å². The smallest absolute Gasteiger partial charge is 0.119 e. The molecule has 4 rings (SSSR count). The van der Waals surface area contributed by atoms with Gasteiger partial charge in [-0.1, -0.05) is 42.5 Å². The number of nitrogens with zero attached hydrogens (tertiary/aromatic N) is 1. The second-order valence-corrected chi connectivity index (χ2v) is 8.30. The minimum Gasteiger partial charge on any atom is -0.492 e. The molecule has 1 N–H and O–H groups in total.